The van der Waals surface area contributed by atoms with Gasteiger partial charge in [0.25, 0.3) is 0 Å². The summed E-state index contributed by atoms with van der Waals surface area (Å²) < 4.78 is 5.23. The molecule has 1 aromatic heterocycles. The molecule has 17 heavy (non-hydrogen) atoms. The molecule has 0 bridgehead atoms. The summed E-state index contributed by atoms with van der Waals surface area (Å²) in [6, 6.07) is 9.37. The zero-order chi connectivity index (χ0) is 12.1. The van der Waals surface area contributed by atoms with Crippen LogP contribution in [0.1, 0.15) is 12.7 Å². The van der Waals surface area contributed by atoms with Gasteiger partial charge < -0.3 is 4.74 Å². The Morgan fingerprint density at radius 2 is 1.82 bits per heavy atom. The topological polar surface area (TPSA) is 47.4 Å². The molecule has 0 amide bonds. The summed E-state index contributed by atoms with van der Waals surface area (Å²) in [5, 5.41) is 0. The number of nitrogens with zero attached hydrogens (tertiary/aromatic N) is 3. The molecule has 0 aliphatic carbocycles. The number of hydrogen-bond donors (Lipinski definition) is 0. The van der Waals surface area contributed by atoms with Crippen molar-refractivity contribution < 1.29 is 4.74 Å². The van der Waals surface area contributed by atoms with Crippen LogP contribution in [0.5, 0.6) is 5.75 Å². The third kappa shape index (κ3) is 2.66. The van der Waals surface area contributed by atoms with Gasteiger partial charge in [0, 0.05) is 12.4 Å². The van der Waals surface area contributed by atoms with Gasteiger partial charge in [0.05, 0.1) is 12.8 Å². The van der Waals surface area contributed by atoms with E-state index in [9.17, 15) is 0 Å². The molecular formula is C13H13N3O. The highest BCUT2D eigenvalue weighted by molar-refractivity contribution is 5.97. The van der Waals surface area contributed by atoms with Crippen molar-refractivity contribution in [3.05, 3.63) is 48.5 Å². The predicted octanol–water partition coefficient (Wildman–Crippen LogP) is 2.63. The molecule has 86 valence electrons. The maximum atomic E-state index is 5.23. The van der Waals surface area contributed by atoms with Gasteiger partial charge in [0.15, 0.2) is 5.82 Å². The van der Waals surface area contributed by atoms with Crippen molar-refractivity contribution in [3.63, 3.8) is 0 Å². The van der Waals surface area contributed by atoms with Crippen LogP contribution in [0, 0.1) is 0 Å². The number of hydrogen-bond acceptors (Lipinski definition) is 4. The average Bonchev–Trinajstić information content (AvgIpc) is 2.40. The van der Waals surface area contributed by atoms with E-state index in [1.165, 1.54) is 0 Å². The summed E-state index contributed by atoms with van der Waals surface area (Å²) in [7, 11) is 1.63. The van der Waals surface area contributed by atoms with Gasteiger partial charge in [-0.25, -0.2) is 15.0 Å². The number of aliphatic imine (C=N–C) groups is 1. The summed E-state index contributed by atoms with van der Waals surface area (Å²) in [5.74, 6) is 1.36. The van der Waals surface area contributed by atoms with E-state index in [2.05, 4.69) is 15.0 Å². The van der Waals surface area contributed by atoms with Crippen molar-refractivity contribution in [3.8, 4) is 5.75 Å². The Morgan fingerprint density at radius 1 is 1.12 bits per heavy atom. The summed E-state index contributed by atoms with van der Waals surface area (Å²) >= 11 is 0. The van der Waals surface area contributed by atoms with Crippen LogP contribution in [-0.2, 0) is 0 Å². The van der Waals surface area contributed by atoms with Gasteiger partial charge in [-0.05, 0) is 25.1 Å². The number of rotatable bonds is 3. The first kappa shape index (κ1) is 11.3. The van der Waals surface area contributed by atoms with E-state index in [1.54, 1.807) is 25.6 Å². The molecule has 0 unspecified atom stereocenters. The second kappa shape index (κ2) is 5.21. The highest BCUT2D eigenvalue weighted by atomic mass is 16.5. The second-order valence-electron chi connectivity index (χ2n) is 3.44. The summed E-state index contributed by atoms with van der Waals surface area (Å²) in [5.41, 5.74) is 1.54. The number of aromatic nitrogens is 2. The smallest absolute Gasteiger partial charge is 0.173 e. The van der Waals surface area contributed by atoms with E-state index in [4.69, 9.17) is 4.74 Å². The zero-order valence-corrected chi connectivity index (χ0v) is 9.79. The van der Waals surface area contributed by atoms with Gasteiger partial charge in [-0.1, -0.05) is 12.1 Å². The monoisotopic (exact) mass is 227 g/mol. The van der Waals surface area contributed by atoms with Gasteiger partial charge in [0.1, 0.15) is 11.4 Å². The Morgan fingerprint density at radius 3 is 2.53 bits per heavy atom. The molecule has 0 spiro atoms. The minimum absolute atomic E-state index is 0.624. The molecule has 2 rings (SSSR count). The van der Waals surface area contributed by atoms with Crippen molar-refractivity contribution in [2.45, 2.75) is 6.92 Å². The van der Waals surface area contributed by atoms with Crippen molar-refractivity contribution in [1.82, 2.24) is 9.97 Å². The number of methoxy groups -OCH3 is 1. The van der Waals surface area contributed by atoms with Gasteiger partial charge >= 0.3 is 0 Å². The van der Waals surface area contributed by atoms with Crippen molar-refractivity contribution in [2.24, 2.45) is 4.99 Å². The van der Waals surface area contributed by atoms with Crippen molar-refractivity contribution >= 4 is 11.4 Å². The molecule has 4 heteroatoms. The zero-order valence-electron chi connectivity index (χ0n) is 9.79. The number of ether oxygens (including phenoxy) is 1. The maximum absolute atomic E-state index is 5.23. The summed E-state index contributed by atoms with van der Waals surface area (Å²) in [4.78, 5) is 12.8. The Kier molecular flexibility index (Phi) is 3.45. The third-order valence-corrected chi connectivity index (χ3v) is 2.26. The lowest BCUT2D eigenvalue weighted by Crippen LogP contribution is -2.00. The van der Waals surface area contributed by atoms with E-state index in [1.807, 2.05) is 31.2 Å². The Balaban J connectivity index is 2.36. The molecule has 1 aromatic carbocycles. The first-order valence-electron chi connectivity index (χ1n) is 5.27. The molecule has 0 N–H and O–H groups in total. The number of para-hydroxylation sites is 2. The van der Waals surface area contributed by atoms with Gasteiger partial charge in [0.2, 0.25) is 0 Å². The molecule has 0 saturated heterocycles. The molecule has 0 saturated carbocycles. The SMILES string of the molecule is COc1ccccc1N=C(C)c1ncccn1. The fraction of sp³-hybridized carbons (Fsp3) is 0.154. The molecule has 0 radical (unpaired) electrons. The molecule has 1 heterocycles. The molecule has 0 aliphatic heterocycles. The van der Waals surface area contributed by atoms with E-state index in [0.29, 0.717) is 5.82 Å². The van der Waals surface area contributed by atoms with Crippen LogP contribution >= 0.6 is 0 Å². The fourth-order valence-corrected chi connectivity index (χ4v) is 1.44. The van der Waals surface area contributed by atoms with E-state index in [0.717, 1.165) is 17.1 Å². The van der Waals surface area contributed by atoms with Crippen LogP contribution < -0.4 is 4.74 Å². The van der Waals surface area contributed by atoms with Crippen molar-refractivity contribution in [1.29, 1.82) is 0 Å². The maximum Gasteiger partial charge on any atom is 0.173 e. The van der Waals surface area contributed by atoms with Crippen LogP contribution in [0.25, 0.3) is 0 Å². The molecule has 4 nitrogen and oxygen atoms in total. The lowest BCUT2D eigenvalue weighted by molar-refractivity contribution is 0.416. The molecule has 0 aliphatic rings. The Hall–Kier alpha value is -2.23. The molecule has 2 aromatic rings. The first-order valence-corrected chi connectivity index (χ1v) is 5.27. The first-order chi connectivity index (χ1) is 8.31. The van der Waals surface area contributed by atoms with Crippen LogP contribution in [0.4, 0.5) is 5.69 Å². The fourth-order valence-electron chi connectivity index (χ4n) is 1.44. The molecular weight excluding hydrogens is 214 g/mol. The average molecular weight is 227 g/mol. The standard InChI is InChI=1S/C13H13N3O/c1-10(13-14-8-5-9-15-13)16-11-6-3-4-7-12(11)17-2/h3-9H,1-2H3. The van der Waals surface area contributed by atoms with E-state index in [-0.39, 0.29) is 0 Å². The predicted molar refractivity (Wildman–Crippen MR) is 66.9 cm³/mol. The lowest BCUT2D eigenvalue weighted by atomic mass is 10.3. The van der Waals surface area contributed by atoms with Crippen LogP contribution in [0.2, 0.25) is 0 Å². The highest BCUT2D eigenvalue weighted by Crippen LogP contribution is 2.26. The Labute approximate surface area is 100 Å². The normalized spacial score (nSPS) is 11.3. The van der Waals surface area contributed by atoms with Gasteiger partial charge in [-0.3, -0.25) is 0 Å². The van der Waals surface area contributed by atoms with Crippen molar-refractivity contribution in [2.75, 3.05) is 7.11 Å². The van der Waals surface area contributed by atoms with Gasteiger partial charge in [-0.2, -0.15) is 0 Å². The van der Waals surface area contributed by atoms with Crippen LogP contribution in [0.3, 0.4) is 0 Å². The van der Waals surface area contributed by atoms with E-state index < -0.39 is 0 Å². The minimum atomic E-state index is 0.624. The highest BCUT2D eigenvalue weighted by Gasteiger charge is 2.03. The largest absolute Gasteiger partial charge is 0.494 e. The summed E-state index contributed by atoms with van der Waals surface area (Å²) in [6.45, 7) is 1.88. The minimum Gasteiger partial charge on any atom is -0.494 e. The molecule has 0 atom stereocenters. The number of benzene rings is 1. The lowest BCUT2D eigenvalue weighted by Gasteiger charge is -2.04. The second-order valence-corrected chi connectivity index (χ2v) is 3.44. The van der Waals surface area contributed by atoms with Crippen LogP contribution in [0.15, 0.2) is 47.7 Å². The Bertz CT molecular complexity index is 523. The van der Waals surface area contributed by atoms with Crippen LogP contribution in [-0.4, -0.2) is 22.8 Å². The van der Waals surface area contributed by atoms with Gasteiger partial charge in [-0.15, -0.1) is 0 Å². The summed E-state index contributed by atoms with van der Waals surface area (Å²) in [6.07, 6.45) is 3.40. The quantitative estimate of drug-likeness (QED) is 0.757. The molecule has 0 fully saturated rings. The third-order valence-electron chi connectivity index (χ3n) is 2.26. The van der Waals surface area contributed by atoms with E-state index >= 15 is 0 Å².